The molecule has 0 aliphatic heterocycles. The summed E-state index contributed by atoms with van der Waals surface area (Å²) in [7, 11) is 0. The molecule has 168 valence electrons. The van der Waals surface area contributed by atoms with E-state index in [4.69, 9.17) is 0 Å². The van der Waals surface area contributed by atoms with Gasteiger partial charge in [0.05, 0.1) is 0 Å². The summed E-state index contributed by atoms with van der Waals surface area (Å²) >= 11 is 0. The second-order valence-corrected chi connectivity index (χ2v) is 12.1. The first-order valence-electron chi connectivity index (χ1n) is 13.3. The predicted molar refractivity (Wildman–Crippen MR) is 134 cm³/mol. The van der Waals surface area contributed by atoms with Gasteiger partial charge < -0.3 is 0 Å². The molecule has 6 atom stereocenters. The van der Waals surface area contributed by atoms with Gasteiger partial charge in [0.25, 0.3) is 0 Å². The van der Waals surface area contributed by atoms with Crippen LogP contribution >= 0.6 is 0 Å². The number of hydrogen-bond acceptors (Lipinski definition) is 0. The van der Waals surface area contributed by atoms with Gasteiger partial charge in [-0.1, -0.05) is 74.3 Å². The molecule has 3 fully saturated rings. The Bertz CT molecular complexity index is 872. The highest BCUT2D eigenvalue weighted by atomic mass is 14.6. The maximum atomic E-state index is 2.71. The number of hydrogen-bond donors (Lipinski definition) is 0. The third-order valence-corrected chi connectivity index (χ3v) is 10.6. The molecule has 0 bridgehead atoms. The lowest BCUT2D eigenvalue weighted by molar-refractivity contribution is -0.0991. The van der Waals surface area contributed by atoms with Gasteiger partial charge in [-0.2, -0.15) is 0 Å². The van der Waals surface area contributed by atoms with Crippen LogP contribution in [0.15, 0.2) is 35.9 Å². The summed E-state index contributed by atoms with van der Waals surface area (Å²) in [6.07, 6.45) is 23.3. The molecule has 0 N–H and O–H groups in total. The van der Waals surface area contributed by atoms with Gasteiger partial charge in [0, 0.05) is 0 Å². The molecule has 0 saturated heterocycles. The van der Waals surface area contributed by atoms with E-state index in [-0.39, 0.29) is 0 Å². The van der Waals surface area contributed by atoms with Crippen LogP contribution < -0.4 is 0 Å². The summed E-state index contributed by atoms with van der Waals surface area (Å²) in [5, 5.41) is 0. The minimum absolute atomic E-state index is 0.493. The standard InChI is InChI=1S/C31H44/c1-22-12-13-24(23(2)21-22)9-5-6-10-26-15-17-28-27-16-14-25-11-7-8-19-30(25,3)29(27)18-20-31(26,28)4/h5,9,12-13,15,21,25,27-29H,6-8,10-11,14,16-20H2,1-4H3/b9-5+. The lowest BCUT2D eigenvalue weighted by atomic mass is 9.45. The normalized spacial score (nSPS) is 39.7. The smallest absolute Gasteiger partial charge is 0.00822 e. The van der Waals surface area contributed by atoms with Gasteiger partial charge in [0.1, 0.15) is 0 Å². The molecule has 4 aliphatic rings. The monoisotopic (exact) mass is 416 g/mol. The highest BCUT2D eigenvalue weighted by Gasteiger charge is 2.57. The highest BCUT2D eigenvalue weighted by Crippen LogP contribution is 2.66. The Kier molecular flexibility index (Phi) is 5.72. The molecule has 6 unspecified atom stereocenters. The Hall–Kier alpha value is -1.30. The van der Waals surface area contributed by atoms with Crippen LogP contribution in [0, 0.1) is 48.3 Å². The second kappa shape index (κ2) is 8.24. The van der Waals surface area contributed by atoms with Crippen molar-refractivity contribution in [2.75, 3.05) is 0 Å². The lowest BCUT2D eigenvalue weighted by Crippen LogP contribution is -2.52. The molecule has 1 aromatic rings. The minimum Gasteiger partial charge on any atom is -0.0844 e. The van der Waals surface area contributed by atoms with Crippen LogP contribution in [-0.4, -0.2) is 0 Å². The molecule has 0 nitrogen and oxygen atoms in total. The van der Waals surface area contributed by atoms with Crippen LogP contribution in [0.25, 0.3) is 6.08 Å². The number of aryl methyl sites for hydroxylation is 2. The van der Waals surface area contributed by atoms with E-state index in [1.807, 2.05) is 0 Å². The molecule has 31 heavy (non-hydrogen) atoms. The molecule has 0 aromatic heterocycles. The average molecular weight is 417 g/mol. The van der Waals surface area contributed by atoms with Crippen molar-refractivity contribution in [1.29, 1.82) is 0 Å². The van der Waals surface area contributed by atoms with E-state index in [2.05, 4.69) is 64.1 Å². The van der Waals surface area contributed by atoms with Crippen molar-refractivity contribution >= 4 is 6.08 Å². The molecule has 0 radical (unpaired) electrons. The Morgan fingerprint density at radius 3 is 2.68 bits per heavy atom. The van der Waals surface area contributed by atoms with E-state index in [1.165, 1.54) is 87.3 Å². The van der Waals surface area contributed by atoms with Crippen molar-refractivity contribution < 1.29 is 0 Å². The van der Waals surface area contributed by atoms with E-state index in [0.717, 1.165) is 23.7 Å². The van der Waals surface area contributed by atoms with E-state index < -0.39 is 0 Å². The molecule has 0 amide bonds. The number of fused-ring (bicyclic) bond motifs is 5. The minimum atomic E-state index is 0.493. The van der Waals surface area contributed by atoms with Crippen molar-refractivity contribution in [2.24, 2.45) is 34.5 Å². The quantitative estimate of drug-likeness (QED) is 0.429. The van der Waals surface area contributed by atoms with Gasteiger partial charge in [0.15, 0.2) is 0 Å². The third kappa shape index (κ3) is 3.67. The second-order valence-electron chi connectivity index (χ2n) is 12.1. The summed E-state index contributed by atoms with van der Waals surface area (Å²) < 4.78 is 0. The third-order valence-electron chi connectivity index (χ3n) is 10.6. The summed E-state index contributed by atoms with van der Waals surface area (Å²) in [5.41, 5.74) is 7.10. The first-order chi connectivity index (χ1) is 14.9. The highest BCUT2D eigenvalue weighted by molar-refractivity contribution is 5.54. The Morgan fingerprint density at radius 2 is 1.84 bits per heavy atom. The maximum absolute atomic E-state index is 2.71. The van der Waals surface area contributed by atoms with E-state index in [1.54, 1.807) is 5.57 Å². The van der Waals surface area contributed by atoms with Gasteiger partial charge in [0.2, 0.25) is 0 Å². The molecular weight excluding hydrogens is 372 g/mol. The summed E-state index contributed by atoms with van der Waals surface area (Å²) in [4.78, 5) is 0. The SMILES string of the molecule is Cc1ccc(/C=C/CCC2=CCC3C4CCC5CCCCC5(C)C4CCC23C)c(C)c1. The van der Waals surface area contributed by atoms with E-state index >= 15 is 0 Å². The van der Waals surface area contributed by atoms with Gasteiger partial charge >= 0.3 is 0 Å². The molecule has 4 aliphatic carbocycles. The van der Waals surface area contributed by atoms with E-state index in [9.17, 15) is 0 Å². The predicted octanol–water partition coefficient (Wildman–Crippen LogP) is 9.07. The fraction of sp³-hybridized carbons (Fsp3) is 0.677. The summed E-state index contributed by atoms with van der Waals surface area (Å²) in [6.45, 7) is 9.77. The molecular formula is C31H44. The first kappa shape index (κ1) is 21.5. The zero-order valence-electron chi connectivity index (χ0n) is 20.6. The van der Waals surface area contributed by atoms with Gasteiger partial charge in [-0.25, -0.2) is 0 Å². The maximum Gasteiger partial charge on any atom is -0.00822 e. The Balaban J connectivity index is 1.24. The number of benzene rings is 1. The molecule has 0 heteroatoms. The Labute approximate surface area is 191 Å². The fourth-order valence-corrected chi connectivity index (χ4v) is 8.80. The van der Waals surface area contributed by atoms with Crippen LogP contribution in [0.3, 0.4) is 0 Å². The van der Waals surface area contributed by atoms with Crippen molar-refractivity contribution in [1.82, 2.24) is 0 Å². The molecule has 0 spiro atoms. The van der Waals surface area contributed by atoms with Crippen LogP contribution in [0.2, 0.25) is 0 Å². The average Bonchev–Trinajstić information content (AvgIpc) is 3.08. The van der Waals surface area contributed by atoms with Gasteiger partial charge in [-0.05, 0) is 117 Å². The molecule has 3 saturated carbocycles. The van der Waals surface area contributed by atoms with Crippen LogP contribution in [0.1, 0.15) is 101 Å². The number of rotatable bonds is 4. The topological polar surface area (TPSA) is 0 Å². The molecule has 1 aromatic carbocycles. The molecule has 0 heterocycles. The van der Waals surface area contributed by atoms with Crippen molar-refractivity contribution in [3.05, 3.63) is 52.6 Å². The fourth-order valence-electron chi connectivity index (χ4n) is 8.80. The van der Waals surface area contributed by atoms with Crippen LogP contribution in [0.4, 0.5) is 0 Å². The largest absolute Gasteiger partial charge is 0.0844 e. The summed E-state index contributed by atoms with van der Waals surface area (Å²) in [6, 6.07) is 6.80. The first-order valence-corrected chi connectivity index (χ1v) is 13.3. The Morgan fingerprint density at radius 1 is 0.968 bits per heavy atom. The lowest BCUT2D eigenvalue weighted by Gasteiger charge is -2.60. The zero-order valence-corrected chi connectivity index (χ0v) is 20.6. The van der Waals surface area contributed by atoms with Crippen LogP contribution in [-0.2, 0) is 0 Å². The zero-order chi connectivity index (χ0) is 21.6. The van der Waals surface area contributed by atoms with Crippen molar-refractivity contribution in [2.45, 2.75) is 98.3 Å². The van der Waals surface area contributed by atoms with Crippen molar-refractivity contribution in [3.63, 3.8) is 0 Å². The molecule has 5 rings (SSSR count). The van der Waals surface area contributed by atoms with E-state index in [0.29, 0.717) is 10.8 Å². The van der Waals surface area contributed by atoms with Crippen LogP contribution in [0.5, 0.6) is 0 Å². The summed E-state index contributed by atoms with van der Waals surface area (Å²) in [5.74, 6) is 3.99. The number of allylic oxidation sites excluding steroid dienone is 3. The van der Waals surface area contributed by atoms with Gasteiger partial charge in [-0.15, -0.1) is 0 Å². The van der Waals surface area contributed by atoms with Crippen molar-refractivity contribution in [3.8, 4) is 0 Å². The van der Waals surface area contributed by atoms with Gasteiger partial charge in [-0.3, -0.25) is 0 Å².